The van der Waals surface area contributed by atoms with E-state index in [1.807, 2.05) is 36.4 Å². The number of sulfonamides is 1. The molecule has 0 aliphatic carbocycles. The minimum atomic E-state index is -3.70. The Morgan fingerprint density at radius 1 is 0.889 bits per heavy atom. The zero-order chi connectivity index (χ0) is 26.1. The fraction of sp³-hybridized carbons (Fsp3) is 0.296. The molecule has 0 bridgehead atoms. The molecule has 0 aliphatic rings. The van der Waals surface area contributed by atoms with Crippen LogP contribution < -0.4 is 24.2 Å². The number of nitrogens with one attached hydrogen (secondary N) is 2. The Kier molecular flexibility index (Phi) is 9.32. The summed E-state index contributed by atoms with van der Waals surface area (Å²) in [6.45, 7) is 4.23. The average Bonchev–Trinajstić information content (AvgIpc) is 2.87. The molecule has 0 aliphatic heterocycles. The molecule has 36 heavy (non-hydrogen) atoms. The molecule has 2 N–H and O–H groups in total. The van der Waals surface area contributed by atoms with E-state index < -0.39 is 10.0 Å². The number of amides is 1. The third-order valence-corrected chi connectivity index (χ3v) is 7.00. The molecule has 0 fully saturated rings. The lowest BCUT2D eigenvalue weighted by atomic mass is 10.0. The summed E-state index contributed by atoms with van der Waals surface area (Å²) < 4.78 is 43.9. The molecule has 0 spiro atoms. The lowest BCUT2D eigenvalue weighted by molar-refractivity contribution is -0.118. The molecule has 8 nitrogen and oxygen atoms in total. The van der Waals surface area contributed by atoms with Gasteiger partial charge in [0.2, 0.25) is 10.0 Å². The van der Waals surface area contributed by atoms with Gasteiger partial charge in [-0.25, -0.2) is 13.1 Å². The smallest absolute Gasteiger partial charge is 0.262 e. The van der Waals surface area contributed by atoms with Gasteiger partial charge in [0.25, 0.3) is 5.91 Å². The van der Waals surface area contributed by atoms with E-state index in [0.717, 1.165) is 5.56 Å². The highest BCUT2D eigenvalue weighted by molar-refractivity contribution is 7.89. The van der Waals surface area contributed by atoms with Gasteiger partial charge in [0.05, 0.1) is 19.1 Å². The zero-order valence-electron chi connectivity index (χ0n) is 20.9. The summed E-state index contributed by atoms with van der Waals surface area (Å²) in [5.41, 5.74) is 2.79. The van der Waals surface area contributed by atoms with Gasteiger partial charge in [-0.05, 0) is 72.0 Å². The lowest BCUT2D eigenvalue weighted by Crippen LogP contribution is -2.26. The molecule has 3 aromatic rings. The number of rotatable bonds is 12. The van der Waals surface area contributed by atoms with Crippen molar-refractivity contribution in [3.8, 4) is 17.2 Å². The Morgan fingerprint density at radius 2 is 1.56 bits per heavy atom. The lowest BCUT2D eigenvalue weighted by Gasteiger charge is -2.11. The molecular formula is C27H32N2O6S. The first kappa shape index (κ1) is 27.0. The summed E-state index contributed by atoms with van der Waals surface area (Å²) in [6, 6.07) is 19.0. The predicted molar refractivity (Wildman–Crippen MR) is 140 cm³/mol. The molecule has 0 radical (unpaired) electrons. The monoisotopic (exact) mass is 512 g/mol. The third-order valence-electron chi connectivity index (χ3n) is 5.52. The molecule has 1 amide bonds. The van der Waals surface area contributed by atoms with Crippen LogP contribution in [0.4, 0.5) is 5.69 Å². The van der Waals surface area contributed by atoms with Gasteiger partial charge in [0.1, 0.15) is 5.75 Å². The Morgan fingerprint density at radius 3 is 2.17 bits per heavy atom. The van der Waals surface area contributed by atoms with E-state index in [1.54, 1.807) is 20.3 Å². The van der Waals surface area contributed by atoms with Gasteiger partial charge in [-0.2, -0.15) is 0 Å². The molecule has 0 unspecified atom stereocenters. The van der Waals surface area contributed by atoms with Gasteiger partial charge in [0.15, 0.2) is 18.1 Å². The molecular weight excluding hydrogens is 480 g/mol. The van der Waals surface area contributed by atoms with Crippen LogP contribution in [0.2, 0.25) is 0 Å². The maximum Gasteiger partial charge on any atom is 0.262 e. The van der Waals surface area contributed by atoms with Crippen LogP contribution in [0.15, 0.2) is 71.6 Å². The fourth-order valence-electron chi connectivity index (χ4n) is 3.46. The van der Waals surface area contributed by atoms with Crippen molar-refractivity contribution in [3.05, 3.63) is 77.9 Å². The number of hydrogen-bond acceptors (Lipinski definition) is 6. The van der Waals surface area contributed by atoms with Gasteiger partial charge in [0, 0.05) is 12.2 Å². The van der Waals surface area contributed by atoms with Crippen molar-refractivity contribution in [2.24, 2.45) is 0 Å². The summed E-state index contributed by atoms with van der Waals surface area (Å²) in [5.74, 6) is 1.70. The van der Waals surface area contributed by atoms with E-state index in [9.17, 15) is 13.2 Å². The molecule has 0 saturated carbocycles. The molecule has 192 valence electrons. The van der Waals surface area contributed by atoms with Crippen LogP contribution in [0.1, 0.15) is 30.9 Å². The maximum absolute atomic E-state index is 12.6. The summed E-state index contributed by atoms with van der Waals surface area (Å²) in [7, 11) is -0.588. The first-order chi connectivity index (χ1) is 17.2. The number of ether oxygens (including phenoxy) is 3. The van der Waals surface area contributed by atoms with E-state index in [1.165, 1.54) is 29.8 Å². The van der Waals surface area contributed by atoms with Crippen LogP contribution in [-0.4, -0.2) is 41.7 Å². The first-order valence-electron chi connectivity index (χ1n) is 11.5. The van der Waals surface area contributed by atoms with E-state index >= 15 is 0 Å². The topological polar surface area (TPSA) is 103 Å². The molecule has 0 aromatic heterocycles. The second-order valence-corrected chi connectivity index (χ2v) is 10.2. The van der Waals surface area contributed by atoms with Gasteiger partial charge >= 0.3 is 0 Å². The SMILES string of the molecule is COc1ccc(CCNS(=O)(=O)c2ccc(OCC(=O)Nc3ccc(C(C)C)cc3)cc2)cc1OC. The standard InChI is InChI=1S/C27H32N2O6S/c1-19(2)21-6-8-22(9-7-21)29-27(30)18-35-23-10-12-24(13-11-23)36(31,32)28-16-15-20-5-14-25(33-3)26(17-20)34-4/h5-14,17,19,28H,15-16,18H2,1-4H3,(H,29,30). The van der Waals surface area contributed by atoms with Crippen molar-refractivity contribution < 1.29 is 27.4 Å². The minimum absolute atomic E-state index is 0.108. The summed E-state index contributed by atoms with van der Waals surface area (Å²) in [5, 5.41) is 2.78. The number of carbonyl (C=O) groups is 1. The van der Waals surface area contributed by atoms with E-state index in [-0.39, 0.29) is 24.0 Å². The van der Waals surface area contributed by atoms with E-state index in [0.29, 0.717) is 35.3 Å². The number of hydrogen-bond donors (Lipinski definition) is 2. The Bertz CT molecular complexity index is 1260. The highest BCUT2D eigenvalue weighted by Crippen LogP contribution is 2.27. The van der Waals surface area contributed by atoms with Crippen LogP contribution in [0.5, 0.6) is 17.2 Å². The van der Waals surface area contributed by atoms with Crippen molar-refractivity contribution in [3.63, 3.8) is 0 Å². The number of carbonyl (C=O) groups excluding carboxylic acids is 1. The van der Waals surface area contributed by atoms with Crippen molar-refractivity contribution >= 4 is 21.6 Å². The van der Waals surface area contributed by atoms with Gasteiger partial charge < -0.3 is 19.5 Å². The third kappa shape index (κ3) is 7.47. The Hall–Kier alpha value is -3.56. The van der Waals surface area contributed by atoms with Crippen molar-refractivity contribution in [2.45, 2.75) is 31.1 Å². The normalized spacial score (nSPS) is 11.2. The first-order valence-corrected chi connectivity index (χ1v) is 13.0. The number of benzene rings is 3. The number of anilines is 1. The summed E-state index contributed by atoms with van der Waals surface area (Å²) in [4.78, 5) is 12.3. The maximum atomic E-state index is 12.6. The van der Waals surface area contributed by atoms with Crippen LogP contribution in [0.3, 0.4) is 0 Å². The Labute approximate surface area is 212 Å². The van der Waals surface area contributed by atoms with Crippen LogP contribution in [0.25, 0.3) is 0 Å². The predicted octanol–water partition coefficient (Wildman–Crippen LogP) is 4.37. The quantitative estimate of drug-likeness (QED) is 0.374. The largest absolute Gasteiger partial charge is 0.493 e. The molecule has 3 rings (SSSR count). The Balaban J connectivity index is 1.48. The van der Waals surface area contributed by atoms with Crippen molar-refractivity contribution in [1.29, 1.82) is 0 Å². The summed E-state index contributed by atoms with van der Waals surface area (Å²) >= 11 is 0. The summed E-state index contributed by atoms with van der Waals surface area (Å²) in [6.07, 6.45) is 0.482. The van der Waals surface area contributed by atoms with Gasteiger partial charge in [-0.3, -0.25) is 4.79 Å². The molecule has 3 aromatic carbocycles. The second-order valence-electron chi connectivity index (χ2n) is 8.42. The van der Waals surface area contributed by atoms with E-state index in [2.05, 4.69) is 23.9 Å². The molecule has 9 heteroatoms. The molecule has 0 heterocycles. The zero-order valence-corrected chi connectivity index (χ0v) is 21.7. The van der Waals surface area contributed by atoms with Crippen molar-refractivity contribution in [1.82, 2.24) is 4.72 Å². The van der Waals surface area contributed by atoms with Crippen LogP contribution in [-0.2, 0) is 21.2 Å². The fourth-order valence-corrected chi connectivity index (χ4v) is 4.49. The highest BCUT2D eigenvalue weighted by atomic mass is 32.2. The van der Waals surface area contributed by atoms with Crippen molar-refractivity contribution in [2.75, 3.05) is 32.7 Å². The van der Waals surface area contributed by atoms with E-state index in [4.69, 9.17) is 14.2 Å². The average molecular weight is 513 g/mol. The molecule has 0 atom stereocenters. The van der Waals surface area contributed by atoms with Crippen LogP contribution >= 0.6 is 0 Å². The molecule has 0 saturated heterocycles. The van der Waals surface area contributed by atoms with Crippen LogP contribution in [0, 0.1) is 0 Å². The highest BCUT2D eigenvalue weighted by Gasteiger charge is 2.14. The van der Waals surface area contributed by atoms with Gasteiger partial charge in [-0.1, -0.05) is 32.0 Å². The second kappa shape index (κ2) is 12.4. The number of methoxy groups -OCH3 is 2. The minimum Gasteiger partial charge on any atom is -0.493 e. The van der Waals surface area contributed by atoms with Gasteiger partial charge in [-0.15, -0.1) is 0 Å².